The lowest BCUT2D eigenvalue weighted by Gasteiger charge is -2.32. The maximum Gasteiger partial charge on any atom is 0.194 e. The Morgan fingerprint density at radius 1 is 0.510 bits per heavy atom. The molecule has 0 spiro atoms. The fraction of sp³-hybridized carbons (Fsp3) is 0.806. The van der Waals surface area contributed by atoms with Crippen LogP contribution in [0.25, 0.3) is 0 Å². The zero-order valence-corrected chi connectivity index (χ0v) is 31.2. The highest BCUT2D eigenvalue weighted by molar-refractivity contribution is 5.80. The standard InChI is InChI=1S/C36H65N3O12/c1-40-13-15-44-21-23-48-29-31-50-27-25-46-19-17-42-11-8-37-36(39-10-7-34-5-3-4-6-35(34)33-39)38-9-12-43-18-20-47-26-28-51-32-30-49-24-22-45-16-14-41-2/h3-6H,7-33H2,1-2H3,(H,37,38). The number of nitrogens with one attached hydrogen (secondary N) is 1. The van der Waals surface area contributed by atoms with Gasteiger partial charge >= 0.3 is 0 Å². The summed E-state index contributed by atoms with van der Waals surface area (Å²) in [5.74, 6) is 0.865. The van der Waals surface area contributed by atoms with Gasteiger partial charge in [0, 0.05) is 33.9 Å². The highest BCUT2D eigenvalue weighted by Crippen LogP contribution is 2.18. The second-order valence-corrected chi connectivity index (χ2v) is 11.2. The van der Waals surface area contributed by atoms with Gasteiger partial charge in [-0.3, -0.25) is 4.99 Å². The van der Waals surface area contributed by atoms with Crippen molar-refractivity contribution in [1.29, 1.82) is 0 Å². The van der Waals surface area contributed by atoms with Gasteiger partial charge in [-0.2, -0.15) is 0 Å². The number of methoxy groups -OCH3 is 2. The van der Waals surface area contributed by atoms with Gasteiger partial charge in [-0.05, 0) is 17.5 Å². The summed E-state index contributed by atoms with van der Waals surface area (Å²) < 4.78 is 65.2. The zero-order chi connectivity index (χ0) is 36.1. The Hall–Kier alpha value is -1.99. The van der Waals surface area contributed by atoms with E-state index in [0.717, 1.165) is 25.5 Å². The van der Waals surface area contributed by atoms with Crippen molar-refractivity contribution in [2.45, 2.75) is 13.0 Å². The van der Waals surface area contributed by atoms with E-state index >= 15 is 0 Å². The summed E-state index contributed by atoms with van der Waals surface area (Å²) in [6.07, 6.45) is 0.987. The quantitative estimate of drug-likeness (QED) is 0.0606. The number of ether oxygens (including phenoxy) is 12. The SMILES string of the molecule is COCCOCCOCCOCCOCCOCC/N=C(/NCCOCCOCCOCCOCCOCCOC)N1CCc2ccccc2C1. The molecular weight excluding hydrogens is 666 g/mol. The van der Waals surface area contributed by atoms with E-state index in [1.807, 2.05) is 0 Å². The summed E-state index contributed by atoms with van der Waals surface area (Å²) in [6, 6.07) is 8.59. The van der Waals surface area contributed by atoms with Crippen molar-refractivity contribution in [2.24, 2.45) is 4.99 Å². The molecule has 15 nitrogen and oxygen atoms in total. The summed E-state index contributed by atoms with van der Waals surface area (Å²) in [5.41, 5.74) is 2.73. The van der Waals surface area contributed by atoms with Crippen LogP contribution in [0.3, 0.4) is 0 Å². The van der Waals surface area contributed by atoms with Gasteiger partial charge in [0.25, 0.3) is 0 Å². The fourth-order valence-electron chi connectivity index (χ4n) is 4.64. The van der Waals surface area contributed by atoms with Gasteiger partial charge in [0.05, 0.1) is 152 Å². The minimum absolute atomic E-state index is 0.504. The van der Waals surface area contributed by atoms with Crippen molar-refractivity contribution in [3.8, 4) is 0 Å². The third-order valence-corrected chi connectivity index (χ3v) is 7.30. The van der Waals surface area contributed by atoms with Crippen molar-refractivity contribution in [3.05, 3.63) is 35.4 Å². The molecule has 2 rings (SSSR count). The predicted molar refractivity (Wildman–Crippen MR) is 193 cm³/mol. The number of aliphatic imine (C=N–C) groups is 1. The summed E-state index contributed by atoms with van der Waals surface area (Å²) in [6.45, 7) is 14.7. The van der Waals surface area contributed by atoms with Crippen LogP contribution >= 0.6 is 0 Å². The average molecular weight is 732 g/mol. The minimum Gasteiger partial charge on any atom is -0.382 e. The number of hydrogen-bond acceptors (Lipinski definition) is 13. The lowest BCUT2D eigenvalue weighted by molar-refractivity contribution is -0.0144. The lowest BCUT2D eigenvalue weighted by atomic mass is 10.0. The van der Waals surface area contributed by atoms with E-state index in [9.17, 15) is 0 Å². The first-order valence-corrected chi connectivity index (χ1v) is 18.2. The molecule has 0 aliphatic carbocycles. The highest BCUT2D eigenvalue weighted by Gasteiger charge is 2.18. The average Bonchev–Trinajstić information content (AvgIpc) is 3.16. The molecule has 0 radical (unpaired) electrons. The third kappa shape index (κ3) is 26.4. The zero-order valence-electron chi connectivity index (χ0n) is 31.2. The van der Waals surface area contributed by atoms with E-state index in [1.54, 1.807) is 14.2 Å². The molecular formula is C36H65N3O12. The number of benzene rings is 1. The molecule has 51 heavy (non-hydrogen) atoms. The molecule has 1 N–H and O–H groups in total. The van der Waals surface area contributed by atoms with E-state index in [-0.39, 0.29) is 0 Å². The van der Waals surface area contributed by atoms with E-state index in [1.165, 1.54) is 11.1 Å². The molecule has 1 aromatic carbocycles. The smallest absolute Gasteiger partial charge is 0.194 e. The fourth-order valence-corrected chi connectivity index (χ4v) is 4.64. The van der Waals surface area contributed by atoms with E-state index in [4.69, 9.17) is 61.8 Å². The van der Waals surface area contributed by atoms with Crippen LogP contribution in [0.2, 0.25) is 0 Å². The lowest BCUT2D eigenvalue weighted by Crippen LogP contribution is -2.45. The molecule has 1 aliphatic rings. The Morgan fingerprint density at radius 2 is 0.882 bits per heavy atom. The molecule has 1 aliphatic heterocycles. The second kappa shape index (κ2) is 35.1. The summed E-state index contributed by atoms with van der Waals surface area (Å²) >= 11 is 0. The van der Waals surface area contributed by atoms with Crippen LogP contribution < -0.4 is 5.32 Å². The molecule has 1 aromatic rings. The van der Waals surface area contributed by atoms with Crippen LogP contribution in [0.15, 0.2) is 29.3 Å². The molecule has 15 heteroatoms. The van der Waals surface area contributed by atoms with Gasteiger partial charge in [-0.1, -0.05) is 24.3 Å². The van der Waals surface area contributed by atoms with E-state index in [2.05, 4.69) is 34.5 Å². The van der Waals surface area contributed by atoms with Crippen LogP contribution in [0.4, 0.5) is 0 Å². The van der Waals surface area contributed by atoms with E-state index < -0.39 is 0 Å². The second-order valence-electron chi connectivity index (χ2n) is 11.2. The maximum atomic E-state index is 5.77. The molecule has 0 atom stereocenters. The Balaban J connectivity index is 1.48. The molecule has 0 unspecified atom stereocenters. The normalized spacial score (nSPS) is 13.2. The first-order valence-electron chi connectivity index (χ1n) is 18.2. The van der Waals surface area contributed by atoms with Crippen LogP contribution in [0, 0.1) is 0 Å². The van der Waals surface area contributed by atoms with Crippen molar-refractivity contribution in [2.75, 3.05) is 179 Å². The van der Waals surface area contributed by atoms with Gasteiger partial charge in [0.2, 0.25) is 0 Å². The number of fused-ring (bicyclic) bond motifs is 1. The van der Waals surface area contributed by atoms with Crippen LogP contribution in [-0.4, -0.2) is 190 Å². The van der Waals surface area contributed by atoms with Gasteiger partial charge < -0.3 is 67.1 Å². The number of guanidine groups is 1. The molecule has 0 fully saturated rings. The Labute approximate surface area is 305 Å². The Kier molecular flexibility index (Phi) is 31.1. The van der Waals surface area contributed by atoms with Crippen LogP contribution in [0.5, 0.6) is 0 Å². The summed E-state index contributed by atoms with van der Waals surface area (Å²) in [5, 5.41) is 3.48. The van der Waals surface area contributed by atoms with Crippen molar-refractivity contribution >= 4 is 5.96 Å². The molecule has 0 saturated carbocycles. The predicted octanol–water partition coefficient (Wildman–Crippen LogP) is 1.45. The van der Waals surface area contributed by atoms with Gasteiger partial charge in [-0.15, -0.1) is 0 Å². The largest absolute Gasteiger partial charge is 0.382 e. The van der Waals surface area contributed by atoms with Gasteiger partial charge in [0.15, 0.2) is 5.96 Å². The number of nitrogens with zero attached hydrogens (tertiary/aromatic N) is 2. The van der Waals surface area contributed by atoms with E-state index in [0.29, 0.717) is 158 Å². The number of hydrogen-bond donors (Lipinski definition) is 1. The Bertz CT molecular complexity index is 933. The summed E-state index contributed by atoms with van der Waals surface area (Å²) in [4.78, 5) is 7.14. The minimum atomic E-state index is 0.504. The maximum absolute atomic E-state index is 5.77. The molecule has 0 amide bonds. The molecule has 0 aromatic heterocycles. The van der Waals surface area contributed by atoms with Crippen molar-refractivity contribution in [3.63, 3.8) is 0 Å². The third-order valence-electron chi connectivity index (χ3n) is 7.30. The first kappa shape index (κ1) is 45.2. The van der Waals surface area contributed by atoms with Crippen molar-refractivity contribution in [1.82, 2.24) is 10.2 Å². The number of rotatable bonds is 36. The molecule has 0 saturated heterocycles. The monoisotopic (exact) mass is 731 g/mol. The molecule has 1 heterocycles. The summed E-state index contributed by atoms with van der Waals surface area (Å²) in [7, 11) is 3.30. The molecule has 0 bridgehead atoms. The first-order chi connectivity index (χ1) is 25.3. The highest BCUT2D eigenvalue weighted by atomic mass is 16.6. The topological polar surface area (TPSA) is 138 Å². The van der Waals surface area contributed by atoms with Crippen LogP contribution in [-0.2, 0) is 69.8 Å². The van der Waals surface area contributed by atoms with Crippen LogP contribution in [0.1, 0.15) is 11.1 Å². The van der Waals surface area contributed by atoms with Gasteiger partial charge in [-0.25, -0.2) is 0 Å². The Morgan fingerprint density at radius 3 is 1.31 bits per heavy atom. The molecule has 296 valence electrons. The van der Waals surface area contributed by atoms with Crippen molar-refractivity contribution < 1.29 is 56.8 Å². The van der Waals surface area contributed by atoms with Gasteiger partial charge in [0.1, 0.15) is 0 Å².